The van der Waals surface area contributed by atoms with Gasteiger partial charge in [0.2, 0.25) is 0 Å². The fourth-order valence-electron chi connectivity index (χ4n) is 0. The van der Waals surface area contributed by atoms with Crippen molar-refractivity contribution in [2.75, 3.05) is 0 Å². The molecular weight excluding hydrogens is 253 g/mol. The molecule has 0 saturated heterocycles. The van der Waals surface area contributed by atoms with E-state index in [1.807, 2.05) is 0 Å². The summed E-state index contributed by atoms with van der Waals surface area (Å²) in [5.74, 6) is 0. The minimum absolute atomic E-state index is 0. The number of hydrogen-bond acceptors (Lipinski definition) is 2. The molecule has 0 amide bonds. The van der Waals surface area contributed by atoms with Gasteiger partial charge in [0.1, 0.15) is 0 Å². The minimum atomic E-state index is -2.27. The van der Waals surface area contributed by atoms with Crippen molar-refractivity contribution in [3.8, 4) is 0 Å². The third-order valence-electron chi connectivity index (χ3n) is 0. The van der Waals surface area contributed by atoms with Crippen LogP contribution in [0.4, 0.5) is 0 Å². The Hall–Kier alpha value is 1.34. The van der Waals surface area contributed by atoms with Gasteiger partial charge in [-0.05, 0) is 0 Å². The van der Waals surface area contributed by atoms with Crippen molar-refractivity contribution in [2.24, 2.45) is 0 Å². The van der Waals surface area contributed by atoms with Gasteiger partial charge >= 0.3 is 62.0 Å². The van der Waals surface area contributed by atoms with E-state index in [2.05, 4.69) is 0 Å². The average Bonchev–Trinajstić information content (AvgIpc) is 0.918. The molecule has 5 nitrogen and oxygen atoms in total. The van der Waals surface area contributed by atoms with Gasteiger partial charge < -0.3 is 16.4 Å². The fraction of sp³-hybridized carbons (Fsp3) is 0. The normalized spacial score (nSPS) is 1.00. The van der Waals surface area contributed by atoms with Gasteiger partial charge in [-0.3, -0.25) is 0 Å². The third kappa shape index (κ3) is 164. The summed E-state index contributed by atoms with van der Waals surface area (Å²) in [7, 11) is 0. The quantitative estimate of drug-likeness (QED) is 0.476. The summed E-state index contributed by atoms with van der Waals surface area (Å²) in [4.78, 5) is 0. The Labute approximate surface area is 78.0 Å². The van der Waals surface area contributed by atoms with E-state index in [4.69, 9.17) is 6.15 Å². The predicted octanol–water partition coefficient (Wildman–Crippen LogP) is -1.74. The van der Waals surface area contributed by atoms with Gasteiger partial charge in [-0.2, -0.15) is 0 Å². The molecule has 0 spiro atoms. The molecule has 0 bridgehead atoms. The first kappa shape index (κ1) is 58.2. The molecule has 0 aliphatic carbocycles. The summed E-state index contributed by atoms with van der Waals surface area (Å²) in [5, 5.41) is 0. The third-order valence-corrected chi connectivity index (χ3v) is 0. The molecule has 0 aliphatic heterocycles. The monoisotopic (exact) mass is 254 g/mol. The van der Waals surface area contributed by atoms with E-state index >= 15 is 0 Å². The molecule has 0 aromatic rings. The molecule has 0 saturated carbocycles. The predicted molar refractivity (Wildman–Crippen MR) is 20.7 cm³/mol. The summed E-state index contributed by atoms with van der Waals surface area (Å²) in [6.07, 6.45) is 0. The van der Waals surface area contributed by atoms with Crippen LogP contribution in [0.1, 0.15) is 0 Å². The van der Waals surface area contributed by atoms with Crippen LogP contribution in [0.3, 0.4) is 0 Å². The van der Waals surface area contributed by atoms with Gasteiger partial charge in [0, 0.05) is 0 Å². The zero-order valence-electron chi connectivity index (χ0n) is 3.70. The molecule has 0 aliphatic rings. The van der Waals surface area contributed by atoms with E-state index in [1.54, 1.807) is 0 Å². The van der Waals surface area contributed by atoms with Crippen LogP contribution in [0.2, 0.25) is 0 Å². The fourth-order valence-corrected chi connectivity index (χ4v) is 0. The van der Waals surface area contributed by atoms with Gasteiger partial charge in [0.25, 0.3) is 0 Å². The first-order valence-electron chi connectivity index (χ1n) is 0.408. The van der Waals surface area contributed by atoms with Gasteiger partial charge in [0.15, 0.2) is 0 Å². The second-order valence-electron chi connectivity index (χ2n) is 0.0833. The Morgan fingerprint density at radius 1 is 0.750 bits per heavy atom. The Bertz CT molecular complexity index is 31.4. The van der Waals surface area contributed by atoms with Crippen LogP contribution >= 0.6 is 0 Å². The Morgan fingerprint density at radius 3 is 0.750 bits per heavy atom. The summed E-state index contributed by atoms with van der Waals surface area (Å²) < 4.78 is 17.1. The molecule has 0 rings (SSSR count). The number of hydrogen-bond donors (Lipinski definition) is 0. The first-order chi connectivity index (χ1) is 1.41. The number of rotatable bonds is 0. The van der Waals surface area contributed by atoms with Gasteiger partial charge in [-0.25, -0.2) is 0 Å². The first-order valence-corrected chi connectivity index (χ1v) is 2.74. The van der Waals surface area contributed by atoms with Crippen LogP contribution in [0.5, 0.6) is 0 Å². The molecule has 0 heterocycles. The van der Waals surface area contributed by atoms with Crippen molar-refractivity contribution in [3.63, 3.8) is 0 Å². The Morgan fingerprint density at radius 2 is 0.750 bits per heavy atom. The van der Waals surface area contributed by atoms with Gasteiger partial charge in [-0.1, -0.05) is 0 Å². The average molecular weight is 253 g/mol. The molecule has 0 unspecified atom stereocenters. The van der Waals surface area contributed by atoms with Crippen LogP contribution in [-0.4, -0.2) is 55.8 Å². The SMILES string of the molecule is [Al+3].[Al+3].[O-2].[O-2].[O-2].[O]=[Sn]=[O]. The molecule has 0 fully saturated rings. The topological polar surface area (TPSA) is 120 Å². The van der Waals surface area contributed by atoms with Crippen LogP contribution in [0, 0.1) is 0 Å². The molecule has 0 N–H and O–H groups in total. The van der Waals surface area contributed by atoms with Crippen molar-refractivity contribution >= 4 is 55.8 Å². The summed E-state index contributed by atoms with van der Waals surface area (Å²) in [6, 6.07) is 0. The Kier molecular flexibility index (Phi) is 596. The maximum atomic E-state index is 8.54. The van der Waals surface area contributed by atoms with E-state index in [0.29, 0.717) is 0 Å². The van der Waals surface area contributed by atoms with Crippen molar-refractivity contribution in [2.45, 2.75) is 0 Å². The van der Waals surface area contributed by atoms with E-state index in [9.17, 15) is 0 Å². The summed E-state index contributed by atoms with van der Waals surface area (Å²) in [5.41, 5.74) is 0. The van der Waals surface area contributed by atoms with Crippen LogP contribution in [-0.2, 0) is 22.6 Å². The second-order valence-corrected chi connectivity index (χ2v) is 0.559. The molecular formula is Al2O5Sn. The standard InChI is InChI=1S/2Al.5O.Sn/q2*+3;;;3*-2;. The second kappa shape index (κ2) is 81.9. The maximum absolute atomic E-state index is 8.54. The zero-order valence-corrected chi connectivity index (χ0v) is 8.86. The van der Waals surface area contributed by atoms with Crippen molar-refractivity contribution in [1.29, 1.82) is 0 Å². The zero-order chi connectivity index (χ0) is 2.71. The van der Waals surface area contributed by atoms with Crippen molar-refractivity contribution in [1.82, 2.24) is 0 Å². The molecule has 8 heteroatoms. The summed E-state index contributed by atoms with van der Waals surface area (Å²) >= 11 is -2.27. The van der Waals surface area contributed by atoms with Crippen molar-refractivity contribution < 1.29 is 22.6 Å². The molecule has 8 heavy (non-hydrogen) atoms. The molecule has 0 aromatic carbocycles. The molecule has 0 atom stereocenters. The van der Waals surface area contributed by atoms with Crippen molar-refractivity contribution in [3.05, 3.63) is 0 Å². The van der Waals surface area contributed by atoms with E-state index < -0.39 is 21.1 Å². The van der Waals surface area contributed by atoms with Gasteiger partial charge in [-0.15, -0.1) is 0 Å². The van der Waals surface area contributed by atoms with Crippen LogP contribution < -0.4 is 0 Å². The van der Waals surface area contributed by atoms with E-state index in [1.165, 1.54) is 0 Å². The molecule has 0 radical (unpaired) electrons. The summed E-state index contributed by atoms with van der Waals surface area (Å²) in [6.45, 7) is 0. The van der Waals surface area contributed by atoms with Crippen LogP contribution in [0.25, 0.3) is 0 Å². The van der Waals surface area contributed by atoms with Gasteiger partial charge in [0.05, 0.1) is 0 Å². The molecule has 40 valence electrons. The van der Waals surface area contributed by atoms with Crippen LogP contribution in [0.15, 0.2) is 0 Å². The molecule has 0 aromatic heterocycles. The van der Waals surface area contributed by atoms with E-state index in [0.717, 1.165) is 0 Å². The Balaban J connectivity index is -0.00000000200. The van der Waals surface area contributed by atoms with E-state index in [-0.39, 0.29) is 51.2 Å².